The summed E-state index contributed by atoms with van der Waals surface area (Å²) in [4.78, 5) is 15.1. The van der Waals surface area contributed by atoms with E-state index in [1.54, 1.807) is 0 Å². The number of hydrogen-bond acceptors (Lipinski definition) is 3. The molecule has 2 aliphatic rings. The van der Waals surface area contributed by atoms with Crippen molar-refractivity contribution in [1.82, 2.24) is 15.8 Å². The van der Waals surface area contributed by atoms with Gasteiger partial charge < -0.3 is 4.90 Å². The number of benzene rings is 1. The number of unbranched alkanes of at least 4 members (excludes halogenated alkanes) is 1. The number of carbonyl (C=O) groups excluding carboxylic acids is 1. The molecule has 1 amide bonds. The fourth-order valence-corrected chi connectivity index (χ4v) is 3.41. The molecule has 3 atom stereocenters. The first kappa shape index (κ1) is 15.3. The smallest absolute Gasteiger partial charge is 0.229 e. The van der Waals surface area contributed by atoms with Gasteiger partial charge in [0.25, 0.3) is 0 Å². The highest BCUT2D eigenvalue weighted by Crippen LogP contribution is 2.28. The molecule has 0 spiro atoms. The van der Waals surface area contributed by atoms with Gasteiger partial charge in [0.1, 0.15) is 0 Å². The van der Waals surface area contributed by atoms with E-state index < -0.39 is 0 Å². The van der Waals surface area contributed by atoms with E-state index in [4.69, 9.17) is 0 Å². The zero-order chi connectivity index (χ0) is 15.4. The van der Waals surface area contributed by atoms with Crippen molar-refractivity contribution in [2.24, 2.45) is 5.92 Å². The number of amides is 1. The van der Waals surface area contributed by atoms with Gasteiger partial charge in [0, 0.05) is 13.1 Å². The molecular weight excluding hydrogens is 274 g/mol. The lowest BCUT2D eigenvalue weighted by Crippen LogP contribution is -2.42. The minimum Gasteiger partial charge on any atom is -0.332 e. The summed E-state index contributed by atoms with van der Waals surface area (Å²) in [7, 11) is 0. The minimum absolute atomic E-state index is 0.0357. The summed E-state index contributed by atoms with van der Waals surface area (Å²) < 4.78 is 0. The van der Waals surface area contributed by atoms with E-state index in [9.17, 15) is 4.79 Å². The van der Waals surface area contributed by atoms with Crippen molar-refractivity contribution in [2.45, 2.75) is 38.3 Å². The molecule has 0 radical (unpaired) electrons. The van der Waals surface area contributed by atoms with Crippen LogP contribution in [-0.4, -0.2) is 29.9 Å². The van der Waals surface area contributed by atoms with Crippen LogP contribution in [0.15, 0.2) is 42.5 Å². The Labute approximate surface area is 132 Å². The van der Waals surface area contributed by atoms with Crippen LogP contribution in [0.25, 0.3) is 0 Å². The van der Waals surface area contributed by atoms with Crippen LogP contribution in [0.5, 0.6) is 0 Å². The van der Waals surface area contributed by atoms with Gasteiger partial charge in [-0.3, -0.25) is 10.2 Å². The zero-order valence-electron chi connectivity index (χ0n) is 13.2. The molecule has 4 nitrogen and oxygen atoms in total. The Balaban J connectivity index is 1.71. The van der Waals surface area contributed by atoms with E-state index in [1.807, 2.05) is 23.1 Å². The van der Waals surface area contributed by atoms with Gasteiger partial charge in [0.15, 0.2) is 0 Å². The van der Waals surface area contributed by atoms with Crippen molar-refractivity contribution >= 4 is 5.91 Å². The molecule has 1 fully saturated rings. The number of rotatable bonds is 5. The molecule has 0 aromatic heterocycles. The molecule has 0 aliphatic carbocycles. The Morgan fingerprint density at radius 1 is 1.32 bits per heavy atom. The topological polar surface area (TPSA) is 44.4 Å². The summed E-state index contributed by atoms with van der Waals surface area (Å²) in [6, 6.07) is 10.6. The lowest BCUT2D eigenvalue weighted by atomic mass is 9.93. The second-order valence-corrected chi connectivity index (χ2v) is 6.15. The maximum absolute atomic E-state index is 13.0. The van der Waals surface area contributed by atoms with E-state index in [0.29, 0.717) is 6.54 Å². The lowest BCUT2D eigenvalue weighted by molar-refractivity contribution is -0.136. The maximum Gasteiger partial charge on any atom is 0.229 e. The second kappa shape index (κ2) is 7.07. The molecule has 2 N–H and O–H groups in total. The van der Waals surface area contributed by atoms with Crippen molar-refractivity contribution in [1.29, 1.82) is 0 Å². The quantitative estimate of drug-likeness (QED) is 0.821. The molecule has 3 rings (SSSR count). The molecule has 22 heavy (non-hydrogen) atoms. The monoisotopic (exact) mass is 299 g/mol. The van der Waals surface area contributed by atoms with Crippen LogP contribution in [0.2, 0.25) is 0 Å². The van der Waals surface area contributed by atoms with E-state index in [1.165, 1.54) is 18.4 Å². The standard InChI is InChI=1S/C18H25N3O/c1-2-3-10-15-11-7-12-21(15)18(22)16-13-19-20-17(16)14-8-5-4-6-9-14/h4-9,11,15-17,19-20H,2-3,10,12-13H2,1H3. The van der Waals surface area contributed by atoms with Gasteiger partial charge >= 0.3 is 0 Å². The van der Waals surface area contributed by atoms with Crippen molar-refractivity contribution in [3.8, 4) is 0 Å². The van der Waals surface area contributed by atoms with Crippen molar-refractivity contribution in [3.05, 3.63) is 48.0 Å². The van der Waals surface area contributed by atoms with E-state index >= 15 is 0 Å². The number of nitrogens with one attached hydrogen (secondary N) is 2. The number of hydrogen-bond donors (Lipinski definition) is 2. The predicted molar refractivity (Wildman–Crippen MR) is 88.0 cm³/mol. The summed E-state index contributed by atoms with van der Waals surface area (Å²) in [6.45, 7) is 3.64. The summed E-state index contributed by atoms with van der Waals surface area (Å²) in [5.41, 5.74) is 7.60. The highest BCUT2D eigenvalue weighted by atomic mass is 16.2. The first-order valence-corrected chi connectivity index (χ1v) is 8.31. The van der Waals surface area contributed by atoms with Crippen LogP contribution in [0.1, 0.15) is 37.8 Å². The minimum atomic E-state index is -0.0357. The Morgan fingerprint density at radius 2 is 2.14 bits per heavy atom. The van der Waals surface area contributed by atoms with Crippen molar-refractivity contribution in [3.63, 3.8) is 0 Å². The lowest BCUT2D eigenvalue weighted by Gasteiger charge is -2.29. The van der Waals surface area contributed by atoms with Gasteiger partial charge in [0.05, 0.1) is 18.0 Å². The SMILES string of the molecule is CCCCC1C=CCN1C(=O)C1CNNC1c1ccccc1. The first-order chi connectivity index (χ1) is 10.8. The fraction of sp³-hybridized carbons (Fsp3) is 0.500. The molecular formula is C18H25N3O. The number of hydrazine groups is 1. The molecule has 1 aromatic carbocycles. The summed E-state index contributed by atoms with van der Waals surface area (Å²) in [5.74, 6) is 0.226. The van der Waals surface area contributed by atoms with Crippen LogP contribution < -0.4 is 10.9 Å². The van der Waals surface area contributed by atoms with Crippen molar-refractivity contribution < 1.29 is 4.79 Å². The Hall–Kier alpha value is -1.65. The van der Waals surface area contributed by atoms with E-state index in [-0.39, 0.29) is 23.9 Å². The van der Waals surface area contributed by atoms with E-state index in [0.717, 1.165) is 13.0 Å². The van der Waals surface area contributed by atoms with E-state index in [2.05, 4.69) is 42.1 Å². The average molecular weight is 299 g/mol. The summed E-state index contributed by atoms with van der Waals surface area (Å²) in [6.07, 6.45) is 7.74. The number of carbonyl (C=O) groups is 1. The molecule has 2 heterocycles. The van der Waals surface area contributed by atoms with Crippen LogP contribution in [0.3, 0.4) is 0 Å². The Kier molecular flexibility index (Phi) is 4.90. The second-order valence-electron chi connectivity index (χ2n) is 6.15. The predicted octanol–water partition coefficient (Wildman–Crippen LogP) is 2.41. The molecule has 1 aromatic rings. The molecule has 118 valence electrons. The maximum atomic E-state index is 13.0. The molecule has 4 heteroatoms. The molecule has 1 saturated heterocycles. The Morgan fingerprint density at radius 3 is 2.91 bits per heavy atom. The average Bonchev–Trinajstić information content (AvgIpc) is 3.22. The molecule has 0 saturated carbocycles. The normalized spacial score (nSPS) is 27.5. The van der Waals surface area contributed by atoms with Gasteiger partial charge in [-0.25, -0.2) is 5.43 Å². The highest BCUT2D eigenvalue weighted by Gasteiger charge is 2.38. The summed E-state index contributed by atoms with van der Waals surface area (Å²) in [5, 5.41) is 0. The first-order valence-electron chi connectivity index (χ1n) is 8.31. The largest absolute Gasteiger partial charge is 0.332 e. The third-order valence-electron chi connectivity index (χ3n) is 4.65. The van der Waals surface area contributed by atoms with Crippen LogP contribution in [0, 0.1) is 5.92 Å². The van der Waals surface area contributed by atoms with Crippen LogP contribution >= 0.6 is 0 Å². The van der Waals surface area contributed by atoms with Crippen LogP contribution in [-0.2, 0) is 4.79 Å². The fourth-order valence-electron chi connectivity index (χ4n) is 3.41. The Bertz CT molecular complexity index is 528. The van der Waals surface area contributed by atoms with Gasteiger partial charge in [0.2, 0.25) is 5.91 Å². The van der Waals surface area contributed by atoms with Gasteiger partial charge in [-0.15, -0.1) is 0 Å². The van der Waals surface area contributed by atoms with Crippen molar-refractivity contribution in [2.75, 3.05) is 13.1 Å². The zero-order valence-corrected chi connectivity index (χ0v) is 13.2. The molecule has 2 aliphatic heterocycles. The van der Waals surface area contributed by atoms with Gasteiger partial charge in [-0.05, 0) is 12.0 Å². The molecule has 3 unspecified atom stereocenters. The van der Waals surface area contributed by atoms with Crippen LogP contribution in [0.4, 0.5) is 0 Å². The summed E-state index contributed by atoms with van der Waals surface area (Å²) >= 11 is 0. The van der Waals surface area contributed by atoms with Gasteiger partial charge in [-0.2, -0.15) is 0 Å². The third-order valence-corrected chi connectivity index (χ3v) is 4.65. The third kappa shape index (κ3) is 3.08. The van der Waals surface area contributed by atoms with Gasteiger partial charge in [-0.1, -0.05) is 62.2 Å². The highest BCUT2D eigenvalue weighted by molar-refractivity contribution is 5.81. The molecule has 0 bridgehead atoms. The number of nitrogens with zero attached hydrogens (tertiary/aromatic N) is 1.